The van der Waals surface area contributed by atoms with Gasteiger partial charge in [0.15, 0.2) is 0 Å². The molecule has 208 valence electrons. The Balaban J connectivity index is 1.80. The summed E-state index contributed by atoms with van der Waals surface area (Å²) in [5.41, 5.74) is 2.09. The maximum absolute atomic E-state index is 13.6. The molecule has 0 spiro atoms. The number of benzene rings is 3. The van der Waals surface area contributed by atoms with Gasteiger partial charge in [-0.25, -0.2) is 8.42 Å². The minimum absolute atomic E-state index is 0.116. The van der Waals surface area contributed by atoms with E-state index in [1.807, 2.05) is 30.3 Å². The monoisotopic (exact) mass is 553 g/mol. The van der Waals surface area contributed by atoms with Gasteiger partial charge in [-0.05, 0) is 61.4 Å². The van der Waals surface area contributed by atoms with Crippen molar-refractivity contribution >= 4 is 27.5 Å². The van der Waals surface area contributed by atoms with E-state index in [9.17, 15) is 18.0 Å². The number of ether oxygens (including phenoxy) is 2. The molecule has 0 heterocycles. The van der Waals surface area contributed by atoms with E-state index < -0.39 is 28.5 Å². The van der Waals surface area contributed by atoms with Crippen LogP contribution < -0.4 is 19.1 Å². The van der Waals surface area contributed by atoms with Crippen molar-refractivity contribution in [2.75, 3.05) is 30.8 Å². The Morgan fingerprint density at radius 1 is 0.897 bits per heavy atom. The van der Waals surface area contributed by atoms with Crippen LogP contribution in [0.2, 0.25) is 0 Å². The van der Waals surface area contributed by atoms with Gasteiger partial charge < -0.3 is 19.7 Å². The fourth-order valence-corrected chi connectivity index (χ4v) is 4.75. The van der Waals surface area contributed by atoms with E-state index in [-0.39, 0.29) is 12.5 Å². The number of carbonyl (C=O) groups excluding carboxylic acids is 2. The average molecular weight is 554 g/mol. The summed E-state index contributed by atoms with van der Waals surface area (Å²) < 4.78 is 37.5. The van der Waals surface area contributed by atoms with Crippen LogP contribution in [0.25, 0.3) is 0 Å². The third-order valence-electron chi connectivity index (χ3n) is 6.08. The molecule has 0 aliphatic heterocycles. The van der Waals surface area contributed by atoms with Crippen molar-refractivity contribution in [3.8, 4) is 11.5 Å². The lowest BCUT2D eigenvalue weighted by molar-refractivity contribution is -0.139. The van der Waals surface area contributed by atoms with E-state index in [1.54, 1.807) is 69.5 Å². The molecule has 10 heteroatoms. The number of nitrogens with one attached hydrogen (secondary N) is 1. The molecule has 9 nitrogen and oxygen atoms in total. The summed E-state index contributed by atoms with van der Waals surface area (Å²) >= 11 is 0. The zero-order valence-corrected chi connectivity index (χ0v) is 23.5. The van der Waals surface area contributed by atoms with Crippen molar-refractivity contribution in [3.63, 3.8) is 0 Å². The van der Waals surface area contributed by atoms with Crippen LogP contribution in [0.3, 0.4) is 0 Å². The zero-order chi connectivity index (χ0) is 28.4. The summed E-state index contributed by atoms with van der Waals surface area (Å²) in [6.45, 7) is 3.83. The minimum atomic E-state index is -3.82. The predicted molar refractivity (Wildman–Crippen MR) is 151 cm³/mol. The minimum Gasteiger partial charge on any atom is -0.497 e. The van der Waals surface area contributed by atoms with Gasteiger partial charge in [-0.3, -0.25) is 13.9 Å². The molecular formula is C29H35N3O6S. The highest BCUT2D eigenvalue weighted by Gasteiger charge is 2.30. The van der Waals surface area contributed by atoms with Gasteiger partial charge in [0.2, 0.25) is 21.8 Å². The molecule has 0 aromatic heterocycles. The number of carbonyl (C=O) groups is 2. The number of nitrogens with zero attached hydrogens (tertiary/aromatic N) is 2. The molecule has 0 saturated heterocycles. The number of likely N-dealkylation sites (N-methyl/N-ethyl adjacent to an activating group) is 1. The van der Waals surface area contributed by atoms with Crippen LogP contribution in [0.5, 0.6) is 11.5 Å². The number of sulfonamides is 1. The smallest absolute Gasteiger partial charge is 0.244 e. The maximum atomic E-state index is 13.6. The number of methoxy groups -OCH3 is 1. The van der Waals surface area contributed by atoms with Crippen LogP contribution in [-0.4, -0.2) is 57.6 Å². The van der Waals surface area contributed by atoms with Crippen molar-refractivity contribution in [1.82, 2.24) is 10.2 Å². The fourth-order valence-electron chi connectivity index (χ4n) is 3.90. The molecule has 1 atom stereocenters. The summed E-state index contributed by atoms with van der Waals surface area (Å²) in [5, 5.41) is 2.73. The molecule has 3 aromatic rings. The highest BCUT2D eigenvalue weighted by atomic mass is 32.2. The number of hydrogen-bond donors (Lipinski definition) is 1. The fraction of sp³-hybridized carbons (Fsp3) is 0.310. The molecule has 0 radical (unpaired) electrons. The van der Waals surface area contributed by atoms with Crippen LogP contribution in [0.15, 0.2) is 78.9 Å². The molecule has 39 heavy (non-hydrogen) atoms. The average Bonchev–Trinajstić information content (AvgIpc) is 2.93. The molecule has 3 aromatic carbocycles. The first kappa shape index (κ1) is 29.5. The Kier molecular flexibility index (Phi) is 10.3. The lowest BCUT2D eigenvalue weighted by Crippen LogP contribution is -2.51. The molecular weight excluding hydrogens is 518 g/mol. The SMILES string of the molecule is CCNC(=O)[C@H](C)N(Cc1ccc(OC)cc1)C(=O)CN(c1ccc(OCc2ccccc2)cc1)S(C)(=O)=O. The highest BCUT2D eigenvalue weighted by Crippen LogP contribution is 2.23. The topological polar surface area (TPSA) is 105 Å². The molecule has 0 aliphatic rings. The van der Waals surface area contributed by atoms with Gasteiger partial charge in [0.25, 0.3) is 0 Å². The normalized spacial score (nSPS) is 11.8. The molecule has 3 rings (SSSR count). The van der Waals surface area contributed by atoms with Crippen LogP contribution in [-0.2, 0) is 32.8 Å². The van der Waals surface area contributed by atoms with E-state index in [4.69, 9.17) is 9.47 Å². The van der Waals surface area contributed by atoms with Crippen molar-refractivity contribution in [1.29, 1.82) is 0 Å². The number of amides is 2. The van der Waals surface area contributed by atoms with Gasteiger partial charge in [0, 0.05) is 13.1 Å². The Hall–Kier alpha value is -4.05. The first-order chi connectivity index (χ1) is 18.6. The molecule has 0 fully saturated rings. The van der Waals surface area contributed by atoms with Crippen molar-refractivity contribution in [3.05, 3.63) is 90.0 Å². The van der Waals surface area contributed by atoms with E-state index in [1.165, 1.54) is 4.90 Å². The number of hydrogen-bond acceptors (Lipinski definition) is 6. The second kappa shape index (κ2) is 13.7. The highest BCUT2D eigenvalue weighted by molar-refractivity contribution is 7.92. The van der Waals surface area contributed by atoms with Crippen molar-refractivity contribution < 1.29 is 27.5 Å². The van der Waals surface area contributed by atoms with Crippen molar-refractivity contribution in [2.24, 2.45) is 0 Å². The van der Waals surface area contributed by atoms with Gasteiger partial charge in [-0.2, -0.15) is 0 Å². The van der Waals surface area contributed by atoms with Gasteiger partial charge in [-0.15, -0.1) is 0 Å². The number of anilines is 1. The molecule has 0 aliphatic carbocycles. The van der Waals surface area contributed by atoms with Crippen LogP contribution in [0, 0.1) is 0 Å². The quantitative estimate of drug-likeness (QED) is 0.347. The van der Waals surface area contributed by atoms with Gasteiger partial charge in [0.05, 0.1) is 19.1 Å². The first-order valence-corrected chi connectivity index (χ1v) is 14.4. The van der Waals surface area contributed by atoms with Gasteiger partial charge in [-0.1, -0.05) is 42.5 Å². The second-order valence-electron chi connectivity index (χ2n) is 8.98. The Morgan fingerprint density at radius 3 is 2.08 bits per heavy atom. The summed E-state index contributed by atoms with van der Waals surface area (Å²) in [5.74, 6) is 0.380. The summed E-state index contributed by atoms with van der Waals surface area (Å²) in [7, 11) is -2.27. The Bertz CT molecular complexity index is 1330. The predicted octanol–water partition coefficient (Wildman–Crippen LogP) is 3.59. The standard InChI is InChI=1S/C29H35N3O6S/c1-5-30-29(34)22(2)31(19-23-11-15-26(37-3)16-12-23)28(33)20-32(39(4,35)36)25-13-17-27(18-14-25)38-21-24-9-7-6-8-10-24/h6-18,22H,5,19-21H2,1-4H3,(H,30,34)/t22-/m0/s1. The lowest BCUT2D eigenvalue weighted by atomic mass is 10.1. The van der Waals surface area contributed by atoms with E-state index in [2.05, 4.69) is 5.32 Å². The molecule has 2 amide bonds. The first-order valence-electron chi connectivity index (χ1n) is 12.6. The maximum Gasteiger partial charge on any atom is 0.244 e. The lowest BCUT2D eigenvalue weighted by Gasteiger charge is -2.31. The molecule has 0 saturated carbocycles. The summed E-state index contributed by atoms with van der Waals surface area (Å²) in [6.07, 6.45) is 1.04. The van der Waals surface area contributed by atoms with Crippen LogP contribution >= 0.6 is 0 Å². The number of rotatable bonds is 13. The van der Waals surface area contributed by atoms with E-state index >= 15 is 0 Å². The van der Waals surface area contributed by atoms with Gasteiger partial charge in [0.1, 0.15) is 30.7 Å². The Labute approximate surface area is 230 Å². The zero-order valence-electron chi connectivity index (χ0n) is 22.7. The van der Waals surface area contributed by atoms with Crippen LogP contribution in [0.1, 0.15) is 25.0 Å². The largest absolute Gasteiger partial charge is 0.497 e. The summed E-state index contributed by atoms with van der Waals surface area (Å²) in [6, 6.07) is 22.5. The Morgan fingerprint density at radius 2 is 1.51 bits per heavy atom. The third-order valence-corrected chi connectivity index (χ3v) is 7.22. The molecule has 1 N–H and O–H groups in total. The van der Waals surface area contributed by atoms with Gasteiger partial charge >= 0.3 is 0 Å². The van der Waals surface area contributed by atoms with E-state index in [0.717, 1.165) is 21.7 Å². The summed E-state index contributed by atoms with van der Waals surface area (Å²) in [4.78, 5) is 27.6. The molecule has 0 bridgehead atoms. The third kappa shape index (κ3) is 8.47. The molecule has 0 unspecified atom stereocenters. The van der Waals surface area contributed by atoms with E-state index in [0.29, 0.717) is 30.3 Å². The second-order valence-corrected chi connectivity index (χ2v) is 10.9. The van der Waals surface area contributed by atoms with Crippen LogP contribution in [0.4, 0.5) is 5.69 Å². The van der Waals surface area contributed by atoms with Crippen molar-refractivity contribution in [2.45, 2.75) is 33.0 Å².